The normalized spacial score (nSPS) is 31.4. The number of piperidine rings is 1. The van der Waals surface area contributed by atoms with Gasteiger partial charge < -0.3 is 20.3 Å². The molecule has 2 fully saturated rings. The summed E-state index contributed by atoms with van der Waals surface area (Å²) in [7, 11) is 1.83. The van der Waals surface area contributed by atoms with Crippen LogP contribution in [0.1, 0.15) is 39.5 Å². The van der Waals surface area contributed by atoms with Gasteiger partial charge in [0.25, 0.3) is 0 Å². The summed E-state index contributed by atoms with van der Waals surface area (Å²) >= 11 is 0. The maximum atomic E-state index is 5.79. The van der Waals surface area contributed by atoms with Crippen molar-refractivity contribution < 1.29 is 4.74 Å². The van der Waals surface area contributed by atoms with Crippen LogP contribution in [0.3, 0.4) is 0 Å². The average molecular weight is 296 g/mol. The molecular weight excluding hydrogens is 264 g/mol. The fourth-order valence-electron chi connectivity index (χ4n) is 3.29. The second-order valence-electron chi connectivity index (χ2n) is 6.80. The smallest absolute Gasteiger partial charge is 0.191 e. The second kappa shape index (κ2) is 7.99. The van der Waals surface area contributed by atoms with E-state index in [0.717, 1.165) is 51.0 Å². The monoisotopic (exact) mass is 296 g/mol. The average Bonchev–Trinajstić information content (AvgIpc) is 2.90. The predicted molar refractivity (Wildman–Crippen MR) is 87.8 cm³/mol. The van der Waals surface area contributed by atoms with Gasteiger partial charge in [0.05, 0.1) is 5.60 Å². The standard InChI is InChI=1S/C16H32N4O/c1-14-6-4-9-20(12-14)10-8-18-15(17-3)19-13-16(2)7-5-11-21-16/h14H,4-13H2,1-3H3,(H2,17,18,19). The van der Waals surface area contributed by atoms with E-state index < -0.39 is 0 Å². The van der Waals surface area contributed by atoms with Gasteiger partial charge in [-0.15, -0.1) is 0 Å². The van der Waals surface area contributed by atoms with Gasteiger partial charge in [0, 0.05) is 39.8 Å². The van der Waals surface area contributed by atoms with E-state index in [2.05, 4.69) is 34.4 Å². The van der Waals surface area contributed by atoms with E-state index in [1.54, 1.807) is 0 Å². The van der Waals surface area contributed by atoms with Crippen molar-refractivity contribution in [2.75, 3.05) is 46.4 Å². The molecule has 2 aliphatic heterocycles. The molecule has 2 aliphatic rings. The van der Waals surface area contributed by atoms with Crippen molar-refractivity contribution in [2.45, 2.75) is 45.1 Å². The number of aliphatic imine (C=N–C) groups is 1. The maximum absolute atomic E-state index is 5.79. The number of hydrogen-bond acceptors (Lipinski definition) is 3. The lowest BCUT2D eigenvalue weighted by Crippen LogP contribution is -2.47. The second-order valence-corrected chi connectivity index (χ2v) is 6.80. The highest BCUT2D eigenvalue weighted by Crippen LogP contribution is 2.23. The van der Waals surface area contributed by atoms with Crippen molar-refractivity contribution in [3.05, 3.63) is 0 Å². The van der Waals surface area contributed by atoms with Crippen LogP contribution in [-0.4, -0.2) is 62.8 Å². The molecule has 0 saturated carbocycles. The highest BCUT2D eigenvalue weighted by atomic mass is 16.5. The molecule has 0 aromatic carbocycles. The molecule has 0 spiro atoms. The first kappa shape index (κ1) is 16.6. The zero-order chi connectivity index (χ0) is 15.1. The SMILES string of the molecule is CN=C(NCCN1CCCC(C)C1)NCC1(C)CCCO1. The minimum absolute atomic E-state index is 0.0279. The minimum atomic E-state index is -0.0279. The minimum Gasteiger partial charge on any atom is -0.373 e. The number of ether oxygens (including phenoxy) is 1. The fourth-order valence-corrected chi connectivity index (χ4v) is 3.29. The van der Waals surface area contributed by atoms with Crippen LogP contribution in [-0.2, 0) is 4.74 Å². The third kappa shape index (κ3) is 5.47. The summed E-state index contributed by atoms with van der Waals surface area (Å²) in [5.74, 6) is 1.73. The van der Waals surface area contributed by atoms with Gasteiger partial charge in [0.1, 0.15) is 0 Å². The van der Waals surface area contributed by atoms with Crippen LogP contribution in [0.2, 0.25) is 0 Å². The summed E-state index contributed by atoms with van der Waals surface area (Å²) in [5, 5.41) is 6.81. The number of hydrogen-bond donors (Lipinski definition) is 2. The molecule has 2 rings (SSSR count). The Morgan fingerprint density at radius 3 is 2.90 bits per heavy atom. The Morgan fingerprint density at radius 2 is 2.24 bits per heavy atom. The summed E-state index contributed by atoms with van der Waals surface area (Å²) in [6, 6.07) is 0. The first-order chi connectivity index (χ1) is 10.1. The summed E-state index contributed by atoms with van der Waals surface area (Å²) < 4.78 is 5.79. The Kier molecular flexibility index (Phi) is 6.30. The van der Waals surface area contributed by atoms with E-state index in [0.29, 0.717) is 0 Å². The molecule has 0 aromatic rings. The van der Waals surface area contributed by atoms with Crippen LogP contribution in [0, 0.1) is 5.92 Å². The lowest BCUT2D eigenvalue weighted by Gasteiger charge is -2.31. The van der Waals surface area contributed by atoms with E-state index in [4.69, 9.17) is 4.74 Å². The van der Waals surface area contributed by atoms with Crippen LogP contribution < -0.4 is 10.6 Å². The van der Waals surface area contributed by atoms with Crippen LogP contribution >= 0.6 is 0 Å². The molecule has 2 atom stereocenters. The summed E-state index contributed by atoms with van der Waals surface area (Å²) in [5.41, 5.74) is -0.0279. The quantitative estimate of drug-likeness (QED) is 0.595. The van der Waals surface area contributed by atoms with Gasteiger partial charge >= 0.3 is 0 Å². The Bertz CT molecular complexity index is 339. The molecule has 0 bridgehead atoms. The molecule has 0 aliphatic carbocycles. The van der Waals surface area contributed by atoms with Crippen molar-refractivity contribution in [1.82, 2.24) is 15.5 Å². The molecule has 2 unspecified atom stereocenters. The van der Waals surface area contributed by atoms with Crippen LogP contribution in [0.5, 0.6) is 0 Å². The fraction of sp³-hybridized carbons (Fsp3) is 0.938. The summed E-state index contributed by atoms with van der Waals surface area (Å²) in [4.78, 5) is 6.85. The van der Waals surface area contributed by atoms with Gasteiger partial charge in [0.15, 0.2) is 5.96 Å². The van der Waals surface area contributed by atoms with Crippen LogP contribution in [0.25, 0.3) is 0 Å². The summed E-state index contributed by atoms with van der Waals surface area (Å²) in [6.45, 7) is 10.8. The molecule has 0 amide bonds. The van der Waals surface area contributed by atoms with Gasteiger partial charge in [-0.1, -0.05) is 6.92 Å². The van der Waals surface area contributed by atoms with E-state index in [1.165, 1.54) is 25.9 Å². The third-order valence-electron chi connectivity index (χ3n) is 4.62. The van der Waals surface area contributed by atoms with Crippen molar-refractivity contribution in [3.8, 4) is 0 Å². The number of rotatable bonds is 5. The van der Waals surface area contributed by atoms with Gasteiger partial charge in [-0.3, -0.25) is 4.99 Å². The Balaban J connectivity index is 1.63. The Morgan fingerprint density at radius 1 is 1.38 bits per heavy atom. The molecule has 122 valence electrons. The molecule has 2 N–H and O–H groups in total. The number of nitrogens with zero attached hydrogens (tertiary/aromatic N) is 2. The number of nitrogens with one attached hydrogen (secondary N) is 2. The zero-order valence-electron chi connectivity index (χ0n) is 14.0. The largest absolute Gasteiger partial charge is 0.373 e. The number of likely N-dealkylation sites (tertiary alicyclic amines) is 1. The van der Waals surface area contributed by atoms with Crippen molar-refractivity contribution in [2.24, 2.45) is 10.9 Å². The molecule has 5 heteroatoms. The molecular formula is C16H32N4O. The molecule has 2 saturated heterocycles. The first-order valence-corrected chi connectivity index (χ1v) is 8.42. The van der Waals surface area contributed by atoms with Crippen molar-refractivity contribution >= 4 is 5.96 Å². The van der Waals surface area contributed by atoms with E-state index in [1.807, 2.05) is 7.05 Å². The topological polar surface area (TPSA) is 48.9 Å². The van der Waals surface area contributed by atoms with Gasteiger partial charge in [-0.25, -0.2) is 0 Å². The predicted octanol–water partition coefficient (Wildman–Crippen LogP) is 1.45. The molecule has 5 nitrogen and oxygen atoms in total. The van der Waals surface area contributed by atoms with Crippen molar-refractivity contribution in [1.29, 1.82) is 0 Å². The van der Waals surface area contributed by atoms with Crippen molar-refractivity contribution in [3.63, 3.8) is 0 Å². The van der Waals surface area contributed by atoms with Crippen LogP contribution in [0.15, 0.2) is 4.99 Å². The van der Waals surface area contributed by atoms with Crippen LogP contribution in [0.4, 0.5) is 0 Å². The highest BCUT2D eigenvalue weighted by Gasteiger charge is 2.29. The van der Waals surface area contributed by atoms with E-state index >= 15 is 0 Å². The lowest BCUT2D eigenvalue weighted by atomic mass is 10.0. The lowest BCUT2D eigenvalue weighted by molar-refractivity contribution is 0.0242. The molecule has 0 aromatic heterocycles. The highest BCUT2D eigenvalue weighted by molar-refractivity contribution is 5.79. The zero-order valence-corrected chi connectivity index (χ0v) is 14.0. The third-order valence-corrected chi connectivity index (χ3v) is 4.62. The molecule has 2 heterocycles. The van der Waals surface area contributed by atoms with E-state index in [-0.39, 0.29) is 5.60 Å². The Labute approximate surface area is 129 Å². The Hall–Kier alpha value is -0.810. The van der Waals surface area contributed by atoms with Gasteiger partial charge in [0.2, 0.25) is 0 Å². The maximum Gasteiger partial charge on any atom is 0.191 e. The van der Waals surface area contributed by atoms with E-state index in [9.17, 15) is 0 Å². The molecule has 0 radical (unpaired) electrons. The van der Waals surface area contributed by atoms with Gasteiger partial charge in [-0.05, 0) is 45.1 Å². The molecule has 21 heavy (non-hydrogen) atoms. The number of guanidine groups is 1. The first-order valence-electron chi connectivity index (χ1n) is 8.42. The summed E-state index contributed by atoms with van der Waals surface area (Å²) in [6.07, 6.45) is 5.01. The van der Waals surface area contributed by atoms with Gasteiger partial charge in [-0.2, -0.15) is 0 Å².